The molecule has 3 nitrogen and oxygen atoms in total. The minimum Gasteiger partial charge on any atom is -0.457 e. The number of carbonyl (C=O) groups is 1. The molecule has 98 valence electrons. The topological polar surface area (TPSA) is 35.5 Å². The van der Waals surface area contributed by atoms with Gasteiger partial charge in [0.2, 0.25) is 0 Å². The predicted octanol–water partition coefficient (Wildman–Crippen LogP) is 3.26. The largest absolute Gasteiger partial charge is 0.457 e. The quantitative estimate of drug-likeness (QED) is 0.241. The van der Waals surface area contributed by atoms with Crippen LogP contribution in [0.2, 0.25) is 0 Å². The normalized spacial score (nSPS) is 11.8. The molecule has 0 fully saturated rings. The minimum absolute atomic E-state index is 0.169. The van der Waals surface area contributed by atoms with Crippen molar-refractivity contribution >= 4 is 5.97 Å². The lowest BCUT2D eigenvalue weighted by Gasteiger charge is -2.16. The van der Waals surface area contributed by atoms with E-state index >= 15 is 0 Å². The molecular formula is C14H24O3. The Labute approximate surface area is 104 Å². The van der Waals surface area contributed by atoms with E-state index in [1.807, 2.05) is 0 Å². The maximum atomic E-state index is 11.1. The van der Waals surface area contributed by atoms with Gasteiger partial charge in [0.05, 0.1) is 13.2 Å². The molecule has 0 saturated carbocycles. The first kappa shape index (κ1) is 15.9. The van der Waals surface area contributed by atoms with Crippen molar-refractivity contribution in [1.82, 2.24) is 0 Å². The third-order valence-corrected chi connectivity index (χ3v) is 2.37. The summed E-state index contributed by atoms with van der Waals surface area (Å²) in [4.78, 5) is 11.1. The van der Waals surface area contributed by atoms with Crippen molar-refractivity contribution in [2.45, 2.75) is 45.1 Å². The molecule has 0 bridgehead atoms. The van der Waals surface area contributed by atoms with E-state index in [0.717, 1.165) is 12.8 Å². The lowest BCUT2D eigenvalue weighted by molar-refractivity contribution is -0.146. The Morgan fingerprint density at radius 2 is 2.06 bits per heavy atom. The van der Waals surface area contributed by atoms with Crippen LogP contribution in [0.1, 0.15) is 39.0 Å². The van der Waals surface area contributed by atoms with E-state index in [4.69, 9.17) is 9.47 Å². The summed E-state index contributed by atoms with van der Waals surface area (Å²) in [6, 6.07) is 0. The first-order chi connectivity index (χ1) is 8.24. The van der Waals surface area contributed by atoms with Crippen molar-refractivity contribution in [2.75, 3.05) is 13.2 Å². The molecule has 0 radical (unpaired) electrons. The average molecular weight is 240 g/mol. The van der Waals surface area contributed by atoms with Crippen molar-refractivity contribution < 1.29 is 14.3 Å². The van der Waals surface area contributed by atoms with Crippen LogP contribution in [-0.2, 0) is 14.3 Å². The Hall–Kier alpha value is -1.09. The first-order valence-electron chi connectivity index (χ1n) is 6.26. The van der Waals surface area contributed by atoms with E-state index in [1.54, 1.807) is 6.08 Å². The molecular weight excluding hydrogens is 216 g/mol. The molecule has 0 amide bonds. The molecule has 0 aliphatic heterocycles. The van der Waals surface area contributed by atoms with Gasteiger partial charge in [0.1, 0.15) is 6.10 Å². The summed E-state index contributed by atoms with van der Waals surface area (Å²) < 4.78 is 10.5. The second kappa shape index (κ2) is 11.4. The highest BCUT2D eigenvalue weighted by atomic mass is 16.6. The number of unbranched alkanes of at least 4 members (excludes halogenated alkanes) is 3. The maximum Gasteiger partial charge on any atom is 0.330 e. The fourth-order valence-electron chi connectivity index (χ4n) is 1.47. The Kier molecular flexibility index (Phi) is 10.7. The summed E-state index contributed by atoms with van der Waals surface area (Å²) in [6.07, 6.45) is 8.18. The van der Waals surface area contributed by atoms with Gasteiger partial charge in [-0.25, -0.2) is 4.79 Å². The van der Waals surface area contributed by atoms with E-state index in [2.05, 4.69) is 20.1 Å². The first-order valence-corrected chi connectivity index (χ1v) is 6.26. The van der Waals surface area contributed by atoms with Gasteiger partial charge in [0.15, 0.2) is 0 Å². The SMILES string of the molecule is C=CCOCC(CCCCCC)OC(=O)C=C. The van der Waals surface area contributed by atoms with Gasteiger partial charge in [-0.05, 0) is 12.8 Å². The van der Waals surface area contributed by atoms with Crippen LogP contribution in [0.15, 0.2) is 25.3 Å². The molecule has 0 aromatic rings. The molecule has 0 heterocycles. The van der Waals surface area contributed by atoms with Crippen molar-refractivity contribution in [1.29, 1.82) is 0 Å². The fraction of sp³-hybridized carbons (Fsp3) is 0.643. The molecule has 1 unspecified atom stereocenters. The summed E-state index contributed by atoms with van der Waals surface area (Å²) in [6.45, 7) is 10.0. The van der Waals surface area contributed by atoms with Crippen LogP contribution in [-0.4, -0.2) is 25.3 Å². The van der Waals surface area contributed by atoms with Crippen LogP contribution in [0.25, 0.3) is 0 Å². The second-order valence-electron chi connectivity index (χ2n) is 3.94. The van der Waals surface area contributed by atoms with Crippen molar-refractivity contribution in [3.05, 3.63) is 25.3 Å². The smallest absolute Gasteiger partial charge is 0.330 e. The predicted molar refractivity (Wildman–Crippen MR) is 69.9 cm³/mol. The summed E-state index contributed by atoms with van der Waals surface area (Å²) in [5.74, 6) is -0.382. The molecule has 0 aliphatic rings. The van der Waals surface area contributed by atoms with Crippen molar-refractivity contribution in [3.8, 4) is 0 Å². The molecule has 0 aliphatic carbocycles. The molecule has 0 N–H and O–H groups in total. The second-order valence-corrected chi connectivity index (χ2v) is 3.94. The highest BCUT2D eigenvalue weighted by molar-refractivity contribution is 5.81. The van der Waals surface area contributed by atoms with Crippen LogP contribution in [0.3, 0.4) is 0 Å². The number of ether oxygens (including phenoxy) is 2. The van der Waals surface area contributed by atoms with E-state index in [0.29, 0.717) is 13.2 Å². The van der Waals surface area contributed by atoms with Gasteiger partial charge in [-0.1, -0.05) is 38.8 Å². The summed E-state index contributed by atoms with van der Waals surface area (Å²) in [7, 11) is 0. The van der Waals surface area contributed by atoms with Gasteiger partial charge in [0, 0.05) is 6.08 Å². The molecule has 17 heavy (non-hydrogen) atoms. The van der Waals surface area contributed by atoms with Gasteiger partial charge in [0.25, 0.3) is 0 Å². The summed E-state index contributed by atoms with van der Waals surface area (Å²) in [5.41, 5.74) is 0. The zero-order valence-corrected chi connectivity index (χ0v) is 10.8. The molecule has 0 spiro atoms. The van der Waals surface area contributed by atoms with Crippen LogP contribution in [0.5, 0.6) is 0 Å². The Morgan fingerprint density at radius 1 is 1.29 bits per heavy atom. The van der Waals surface area contributed by atoms with E-state index in [9.17, 15) is 4.79 Å². The molecule has 3 heteroatoms. The van der Waals surface area contributed by atoms with Crippen LogP contribution >= 0.6 is 0 Å². The van der Waals surface area contributed by atoms with E-state index in [-0.39, 0.29) is 12.1 Å². The zero-order valence-electron chi connectivity index (χ0n) is 10.8. The average Bonchev–Trinajstić information content (AvgIpc) is 2.34. The third kappa shape index (κ3) is 9.82. The summed E-state index contributed by atoms with van der Waals surface area (Å²) >= 11 is 0. The van der Waals surface area contributed by atoms with Gasteiger partial charge in [-0.2, -0.15) is 0 Å². The van der Waals surface area contributed by atoms with Gasteiger partial charge in [-0.15, -0.1) is 6.58 Å². The number of hydrogen-bond donors (Lipinski definition) is 0. The Morgan fingerprint density at radius 3 is 2.65 bits per heavy atom. The zero-order chi connectivity index (χ0) is 12.9. The van der Waals surface area contributed by atoms with E-state index < -0.39 is 0 Å². The maximum absolute atomic E-state index is 11.1. The van der Waals surface area contributed by atoms with Crippen LogP contribution in [0, 0.1) is 0 Å². The highest BCUT2D eigenvalue weighted by Crippen LogP contribution is 2.09. The molecule has 0 saturated heterocycles. The molecule has 1 atom stereocenters. The minimum atomic E-state index is -0.382. The lowest BCUT2D eigenvalue weighted by atomic mass is 10.1. The highest BCUT2D eigenvalue weighted by Gasteiger charge is 2.12. The van der Waals surface area contributed by atoms with E-state index in [1.165, 1.54) is 25.3 Å². The van der Waals surface area contributed by atoms with Crippen LogP contribution < -0.4 is 0 Å². The fourth-order valence-corrected chi connectivity index (χ4v) is 1.47. The van der Waals surface area contributed by atoms with Crippen LogP contribution in [0.4, 0.5) is 0 Å². The van der Waals surface area contributed by atoms with Crippen molar-refractivity contribution in [2.24, 2.45) is 0 Å². The Balaban J connectivity index is 3.87. The third-order valence-electron chi connectivity index (χ3n) is 2.37. The lowest BCUT2D eigenvalue weighted by Crippen LogP contribution is -2.22. The van der Waals surface area contributed by atoms with Gasteiger partial charge in [-0.3, -0.25) is 0 Å². The monoisotopic (exact) mass is 240 g/mol. The standard InChI is InChI=1S/C14H24O3/c1-4-7-8-9-10-13(12-16-11-5-2)17-14(15)6-3/h5-6,13H,2-4,7-12H2,1H3. The van der Waals surface area contributed by atoms with Gasteiger partial charge < -0.3 is 9.47 Å². The number of esters is 1. The Bertz CT molecular complexity index is 224. The number of rotatable bonds is 11. The number of carbonyl (C=O) groups excluding carboxylic acids is 1. The molecule has 0 rings (SSSR count). The van der Waals surface area contributed by atoms with Crippen molar-refractivity contribution in [3.63, 3.8) is 0 Å². The van der Waals surface area contributed by atoms with Gasteiger partial charge >= 0.3 is 5.97 Å². The summed E-state index contributed by atoms with van der Waals surface area (Å²) in [5, 5.41) is 0. The number of hydrogen-bond acceptors (Lipinski definition) is 3. The molecule has 0 aromatic heterocycles. The molecule has 0 aromatic carbocycles.